The SMILES string of the molecule is CCOC(=O)CSc1nccc(C#N)c1Cl. The van der Waals surface area contributed by atoms with Crippen LogP contribution in [-0.4, -0.2) is 23.3 Å². The second-order valence-corrected chi connectivity index (χ2v) is 4.03. The monoisotopic (exact) mass is 256 g/mol. The number of rotatable bonds is 4. The van der Waals surface area contributed by atoms with Gasteiger partial charge in [-0.2, -0.15) is 5.26 Å². The molecule has 0 amide bonds. The zero-order valence-electron chi connectivity index (χ0n) is 8.57. The van der Waals surface area contributed by atoms with E-state index in [9.17, 15) is 4.79 Å². The predicted molar refractivity (Wildman–Crippen MR) is 61.3 cm³/mol. The Morgan fingerprint density at radius 2 is 2.50 bits per heavy atom. The molecule has 1 heterocycles. The lowest BCUT2D eigenvalue weighted by Gasteiger charge is -2.03. The first-order chi connectivity index (χ1) is 7.69. The third-order valence-corrected chi connectivity index (χ3v) is 3.07. The highest BCUT2D eigenvalue weighted by Crippen LogP contribution is 2.27. The normalized spacial score (nSPS) is 9.56. The zero-order chi connectivity index (χ0) is 12.0. The van der Waals surface area contributed by atoms with Crippen molar-refractivity contribution in [1.29, 1.82) is 5.26 Å². The Kier molecular flexibility index (Phi) is 5.09. The Balaban J connectivity index is 2.68. The molecular weight excluding hydrogens is 248 g/mol. The molecule has 4 nitrogen and oxygen atoms in total. The van der Waals surface area contributed by atoms with Crippen LogP contribution < -0.4 is 0 Å². The van der Waals surface area contributed by atoms with Crippen molar-refractivity contribution < 1.29 is 9.53 Å². The van der Waals surface area contributed by atoms with Crippen LogP contribution in [-0.2, 0) is 9.53 Å². The molecule has 0 unspecified atom stereocenters. The van der Waals surface area contributed by atoms with Crippen LogP contribution in [0.15, 0.2) is 17.3 Å². The summed E-state index contributed by atoms with van der Waals surface area (Å²) in [5.41, 5.74) is 0.350. The van der Waals surface area contributed by atoms with Gasteiger partial charge in [0, 0.05) is 6.20 Å². The fourth-order valence-corrected chi connectivity index (χ4v) is 1.97. The summed E-state index contributed by atoms with van der Waals surface area (Å²) in [6.07, 6.45) is 1.48. The average molecular weight is 257 g/mol. The number of ether oxygens (including phenoxy) is 1. The number of esters is 1. The van der Waals surface area contributed by atoms with E-state index in [0.717, 1.165) is 11.8 Å². The van der Waals surface area contributed by atoms with E-state index >= 15 is 0 Å². The molecule has 0 fully saturated rings. The maximum atomic E-state index is 11.1. The van der Waals surface area contributed by atoms with Crippen molar-refractivity contribution in [2.24, 2.45) is 0 Å². The lowest BCUT2D eigenvalue weighted by molar-refractivity contribution is -0.139. The van der Waals surface area contributed by atoms with Crippen LogP contribution in [0.3, 0.4) is 0 Å². The molecule has 0 aliphatic carbocycles. The highest BCUT2D eigenvalue weighted by molar-refractivity contribution is 8.00. The Hall–Kier alpha value is -1.25. The van der Waals surface area contributed by atoms with Crippen molar-refractivity contribution in [1.82, 2.24) is 4.98 Å². The first-order valence-corrected chi connectivity index (χ1v) is 5.88. The van der Waals surface area contributed by atoms with Gasteiger partial charge >= 0.3 is 5.97 Å². The van der Waals surface area contributed by atoms with Crippen molar-refractivity contribution in [2.45, 2.75) is 11.9 Å². The lowest BCUT2D eigenvalue weighted by Crippen LogP contribution is -2.06. The van der Waals surface area contributed by atoms with Gasteiger partial charge in [-0.05, 0) is 13.0 Å². The van der Waals surface area contributed by atoms with Crippen molar-refractivity contribution >= 4 is 29.3 Å². The number of pyridine rings is 1. The van der Waals surface area contributed by atoms with Crippen LogP contribution in [0, 0.1) is 11.3 Å². The van der Waals surface area contributed by atoms with Gasteiger partial charge in [0.1, 0.15) is 11.1 Å². The zero-order valence-corrected chi connectivity index (χ0v) is 10.1. The van der Waals surface area contributed by atoms with E-state index in [1.807, 2.05) is 6.07 Å². The molecule has 0 bridgehead atoms. The number of halogens is 1. The second kappa shape index (κ2) is 6.36. The van der Waals surface area contributed by atoms with Gasteiger partial charge in [-0.1, -0.05) is 23.4 Å². The Bertz CT molecular complexity index is 431. The van der Waals surface area contributed by atoms with Crippen molar-refractivity contribution in [3.8, 4) is 6.07 Å². The quantitative estimate of drug-likeness (QED) is 0.611. The van der Waals surface area contributed by atoms with Crippen LogP contribution in [0.5, 0.6) is 0 Å². The van der Waals surface area contributed by atoms with Gasteiger partial charge in [0.2, 0.25) is 0 Å². The molecule has 0 saturated heterocycles. The minimum absolute atomic E-state index is 0.134. The van der Waals surface area contributed by atoms with E-state index < -0.39 is 0 Å². The average Bonchev–Trinajstić information content (AvgIpc) is 2.28. The van der Waals surface area contributed by atoms with Crippen LogP contribution in [0.4, 0.5) is 0 Å². The van der Waals surface area contributed by atoms with Gasteiger partial charge in [-0.3, -0.25) is 4.79 Å². The van der Waals surface area contributed by atoms with Crippen LogP contribution in [0.25, 0.3) is 0 Å². The number of carbonyl (C=O) groups is 1. The van der Waals surface area contributed by atoms with Crippen LogP contribution in [0.1, 0.15) is 12.5 Å². The Morgan fingerprint density at radius 3 is 3.12 bits per heavy atom. The standard InChI is InChI=1S/C10H9ClN2O2S/c1-2-15-8(14)6-16-10-9(11)7(5-12)3-4-13-10/h3-4H,2,6H2,1H3. The minimum atomic E-state index is -0.326. The Labute approximate surface area is 103 Å². The summed E-state index contributed by atoms with van der Waals surface area (Å²) in [5.74, 6) is -0.192. The number of carbonyl (C=O) groups excluding carboxylic acids is 1. The molecule has 0 N–H and O–H groups in total. The molecular formula is C10H9ClN2O2S. The summed E-state index contributed by atoms with van der Waals surface area (Å²) in [6, 6.07) is 3.47. The molecule has 0 atom stereocenters. The van der Waals surface area contributed by atoms with Gasteiger partial charge < -0.3 is 4.74 Å². The minimum Gasteiger partial charge on any atom is -0.465 e. The molecule has 0 saturated carbocycles. The molecule has 0 radical (unpaired) electrons. The second-order valence-electron chi connectivity index (χ2n) is 2.68. The maximum absolute atomic E-state index is 11.1. The molecule has 1 rings (SSSR count). The van der Waals surface area contributed by atoms with Gasteiger partial charge in [0.05, 0.1) is 22.9 Å². The van der Waals surface area contributed by atoms with E-state index in [1.54, 1.807) is 6.92 Å². The molecule has 16 heavy (non-hydrogen) atoms. The molecule has 0 aliphatic heterocycles. The number of aromatic nitrogens is 1. The fourth-order valence-electron chi connectivity index (χ4n) is 0.941. The van der Waals surface area contributed by atoms with Gasteiger partial charge in [0.25, 0.3) is 0 Å². The summed E-state index contributed by atoms with van der Waals surface area (Å²) < 4.78 is 4.76. The van der Waals surface area contributed by atoms with Crippen LogP contribution in [0.2, 0.25) is 5.02 Å². The number of hydrogen-bond acceptors (Lipinski definition) is 5. The molecule has 0 spiro atoms. The summed E-state index contributed by atoms with van der Waals surface area (Å²) in [7, 11) is 0. The molecule has 0 aliphatic rings. The van der Waals surface area contributed by atoms with Gasteiger partial charge in [-0.25, -0.2) is 4.98 Å². The summed E-state index contributed by atoms with van der Waals surface area (Å²) in [5, 5.41) is 9.48. The van der Waals surface area contributed by atoms with E-state index in [2.05, 4.69) is 4.98 Å². The summed E-state index contributed by atoms with van der Waals surface area (Å²) >= 11 is 7.07. The predicted octanol–water partition coefficient (Wildman–Crippen LogP) is 2.26. The van der Waals surface area contributed by atoms with Crippen molar-refractivity contribution in [3.05, 3.63) is 22.8 Å². The van der Waals surface area contributed by atoms with E-state index in [1.165, 1.54) is 12.3 Å². The number of thioether (sulfide) groups is 1. The molecule has 6 heteroatoms. The third-order valence-electron chi connectivity index (χ3n) is 1.61. The molecule has 84 valence electrons. The van der Waals surface area contributed by atoms with Crippen molar-refractivity contribution in [3.63, 3.8) is 0 Å². The summed E-state index contributed by atoms with van der Waals surface area (Å²) in [6.45, 7) is 2.09. The molecule has 1 aromatic heterocycles. The smallest absolute Gasteiger partial charge is 0.316 e. The number of hydrogen-bond donors (Lipinski definition) is 0. The third kappa shape index (κ3) is 3.40. The van der Waals surface area contributed by atoms with Crippen molar-refractivity contribution in [2.75, 3.05) is 12.4 Å². The fraction of sp³-hybridized carbons (Fsp3) is 0.300. The van der Waals surface area contributed by atoms with Crippen LogP contribution >= 0.6 is 23.4 Å². The van der Waals surface area contributed by atoms with E-state index in [4.69, 9.17) is 21.6 Å². The lowest BCUT2D eigenvalue weighted by atomic mass is 10.3. The largest absolute Gasteiger partial charge is 0.465 e. The van der Waals surface area contributed by atoms with E-state index in [0.29, 0.717) is 17.2 Å². The number of nitriles is 1. The first-order valence-electron chi connectivity index (χ1n) is 4.52. The van der Waals surface area contributed by atoms with E-state index in [-0.39, 0.29) is 16.7 Å². The molecule has 0 aromatic carbocycles. The van der Waals surface area contributed by atoms with Gasteiger partial charge in [-0.15, -0.1) is 0 Å². The maximum Gasteiger partial charge on any atom is 0.316 e. The summed E-state index contributed by atoms with van der Waals surface area (Å²) in [4.78, 5) is 15.1. The highest BCUT2D eigenvalue weighted by atomic mass is 35.5. The van der Waals surface area contributed by atoms with Gasteiger partial charge in [0.15, 0.2) is 0 Å². The topological polar surface area (TPSA) is 63.0 Å². The molecule has 1 aromatic rings. The number of nitrogens with zero attached hydrogens (tertiary/aromatic N) is 2. The highest BCUT2D eigenvalue weighted by Gasteiger charge is 2.10. The first kappa shape index (κ1) is 12.8. The Morgan fingerprint density at radius 1 is 1.75 bits per heavy atom.